The Morgan fingerprint density at radius 3 is 2.50 bits per heavy atom. The van der Waals surface area contributed by atoms with Crippen LogP contribution >= 0.6 is 0 Å². The molecule has 0 bridgehead atoms. The van der Waals surface area contributed by atoms with Gasteiger partial charge in [-0.15, -0.1) is 0 Å². The standard InChI is InChI=1S/C13H22N2O2S/c1-3-7-12(4-2)15-18(16,17)13-9-6-5-8-11(13)10-14/h5-6,8-9,12,15H,3-4,7,10,14H2,1-2H3. The Morgan fingerprint density at radius 1 is 1.28 bits per heavy atom. The van der Waals surface area contributed by atoms with Crippen molar-refractivity contribution in [2.24, 2.45) is 5.73 Å². The van der Waals surface area contributed by atoms with E-state index in [2.05, 4.69) is 4.72 Å². The average Bonchev–Trinajstić information content (AvgIpc) is 2.38. The summed E-state index contributed by atoms with van der Waals surface area (Å²) < 4.78 is 27.3. The number of nitrogens with two attached hydrogens (primary N) is 1. The van der Waals surface area contributed by atoms with Crippen molar-refractivity contribution >= 4 is 10.0 Å². The minimum Gasteiger partial charge on any atom is -0.326 e. The third kappa shape index (κ3) is 3.80. The molecule has 4 nitrogen and oxygen atoms in total. The molecule has 0 aliphatic heterocycles. The van der Waals surface area contributed by atoms with Crippen LogP contribution in [0.4, 0.5) is 0 Å². The van der Waals surface area contributed by atoms with Crippen LogP contribution in [0.15, 0.2) is 29.2 Å². The SMILES string of the molecule is CCCC(CC)NS(=O)(=O)c1ccccc1CN. The number of nitrogens with one attached hydrogen (secondary N) is 1. The van der Waals surface area contributed by atoms with Crippen molar-refractivity contribution < 1.29 is 8.42 Å². The summed E-state index contributed by atoms with van der Waals surface area (Å²) in [5.74, 6) is 0. The molecule has 18 heavy (non-hydrogen) atoms. The Balaban J connectivity index is 2.98. The van der Waals surface area contributed by atoms with E-state index in [0.717, 1.165) is 19.3 Å². The molecule has 1 atom stereocenters. The second-order valence-corrected chi connectivity index (χ2v) is 6.01. The molecule has 0 spiro atoms. The molecule has 0 saturated carbocycles. The minimum atomic E-state index is -3.47. The zero-order valence-electron chi connectivity index (χ0n) is 11.0. The summed E-state index contributed by atoms with van der Waals surface area (Å²) in [6.45, 7) is 4.25. The van der Waals surface area contributed by atoms with Gasteiger partial charge in [0.1, 0.15) is 0 Å². The first kappa shape index (κ1) is 15.1. The lowest BCUT2D eigenvalue weighted by Gasteiger charge is -2.17. The first-order valence-electron chi connectivity index (χ1n) is 6.35. The third-order valence-corrected chi connectivity index (χ3v) is 4.55. The Hall–Kier alpha value is -0.910. The molecule has 0 aliphatic carbocycles. The van der Waals surface area contributed by atoms with Gasteiger partial charge in [0.15, 0.2) is 0 Å². The Bertz CT molecular complexity index is 472. The Labute approximate surface area is 110 Å². The lowest BCUT2D eigenvalue weighted by molar-refractivity contribution is 0.512. The summed E-state index contributed by atoms with van der Waals surface area (Å²) in [7, 11) is -3.47. The van der Waals surface area contributed by atoms with Crippen LogP contribution in [-0.2, 0) is 16.6 Å². The number of sulfonamides is 1. The fourth-order valence-corrected chi connectivity index (χ4v) is 3.52. The molecule has 1 aromatic carbocycles. The van der Waals surface area contributed by atoms with Crippen LogP contribution in [0.2, 0.25) is 0 Å². The molecule has 0 radical (unpaired) electrons. The predicted molar refractivity (Wildman–Crippen MR) is 73.6 cm³/mol. The summed E-state index contributed by atoms with van der Waals surface area (Å²) in [6, 6.07) is 6.85. The molecule has 102 valence electrons. The minimum absolute atomic E-state index is 0.00849. The van der Waals surface area contributed by atoms with Crippen LogP contribution in [0.1, 0.15) is 38.7 Å². The van der Waals surface area contributed by atoms with Gasteiger partial charge in [0.25, 0.3) is 0 Å². The van der Waals surface area contributed by atoms with Gasteiger partial charge < -0.3 is 5.73 Å². The molecule has 1 aromatic rings. The molecule has 1 rings (SSSR count). The molecule has 5 heteroatoms. The van der Waals surface area contributed by atoms with Crippen molar-refractivity contribution in [3.63, 3.8) is 0 Å². The first-order valence-corrected chi connectivity index (χ1v) is 7.83. The van der Waals surface area contributed by atoms with Crippen LogP contribution < -0.4 is 10.5 Å². The molecule has 0 aromatic heterocycles. The van der Waals surface area contributed by atoms with Gasteiger partial charge in [-0.3, -0.25) is 0 Å². The summed E-state index contributed by atoms with van der Waals surface area (Å²) >= 11 is 0. The highest BCUT2D eigenvalue weighted by atomic mass is 32.2. The first-order chi connectivity index (χ1) is 8.55. The van der Waals surface area contributed by atoms with E-state index >= 15 is 0 Å². The van der Waals surface area contributed by atoms with E-state index in [1.54, 1.807) is 24.3 Å². The third-order valence-electron chi connectivity index (χ3n) is 2.93. The highest BCUT2D eigenvalue weighted by Gasteiger charge is 2.20. The van der Waals surface area contributed by atoms with Crippen molar-refractivity contribution in [2.45, 2.75) is 50.6 Å². The van der Waals surface area contributed by atoms with Crippen molar-refractivity contribution in [3.8, 4) is 0 Å². The zero-order chi connectivity index (χ0) is 13.6. The van der Waals surface area contributed by atoms with Crippen LogP contribution in [0.25, 0.3) is 0 Å². The van der Waals surface area contributed by atoms with Crippen LogP contribution in [-0.4, -0.2) is 14.5 Å². The van der Waals surface area contributed by atoms with Gasteiger partial charge in [-0.25, -0.2) is 13.1 Å². The molecule has 0 heterocycles. The maximum atomic E-state index is 12.3. The Kier molecular flexibility index (Phi) is 5.78. The highest BCUT2D eigenvalue weighted by molar-refractivity contribution is 7.89. The van der Waals surface area contributed by atoms with Crippen molar-refractivity contribution in [1.82, 2.24) is 4.72 Å². The van der Waals surface area contributed by atoms with Crippen LogP contribution in [0.5, 0.6) is 0 Å². The summed E-state index contributed by atoms with van der Waals surface area (Å²) in [4.78, 5) is 0.294. The van der Waals surface area contributed by atoms with Crippen LogP contribution in [0.3, 0.4) is 0 Å². The van der Waals surface area contributed by atoms with Gasteiger partial charge in [-0.1, -0.05) is 38.5 Å². The van der Waals surface area contributed by atoms with Gasteiger partial charge in [-0.05, 0) is 24.5 Å². The molecule has 0 amide bonds. The van der Waals surface area contributed by atoms with Gasteiger partial charge in [-0.2, -0.15) is 0 Å². The molecular weight excluding hydrogens is 248 g/mol. The van der Waals surface area contributed by atoms with Gasteiger partial charge in [0, 0.05) is 12.6 Å². The number of benzene rings is 1. The predicted octanol–water partition coefficient (Wildman–Crippen LogP) is 2.00. The number of hydrogen-bond donors (Lipinski definition) is 2. The topological polar surface area (TPSA) is 72.2 Å². The Morgan fingerprint density at radius 2 is 1.94 bits per heavy atom. The molecule has 0 aliphatic rings. The molecule has 3 N–H and O–H groups in total. The lowest BCUT2D eigenvalue weighted by Crippen LogP contribution is -2.34. The van der Waals surface area contributed by atoms with E-state index in [-0.39, 0.29) is 12.6 Å². The second-order valence-electron chi connectivity index (χ2n) is 4.33. The van der Waals surface area contributed by atoms with E-state index in [1.807, 2.05) is 13.8 Å². The number of rotatable bonds is 7. The highest BCUT2D eigenvalue weighted by Crippen LogP contribution is 2.16. The van der Waals surface area contributed by atoms with E-state index in [0.29, 0.717) is 10.5 Å². The van der Waals surface area contributed by atoms with E-state index in [4.69, 9.17) is 5.73 Å². The van der Waals surface area contributed by atoms with Crippen molar-refractivity contribution in [2.75, 3.05) is 0 Å². The lowest BCUT2D eigenvalue weighted by atomic mass is 10.1. The largest absolute Gasteiger partial charge is 0.326 e. The van der Waals surface area contributed by atoms with Gasteiger partial charge in [0.05, 0.1) is 4.90 Å². The smallest absolute Gasteiger partial charge is 0.241 e. The monoisotopic (exact) mass is 270 g/mol. The summed E-state index contributed by atoms with van der Waals surface area (Å²) in [5, 5.41) is 0. The second kappa shape index (κ2) is 6.87. The normalized spacial score (nSPS) is 13.5. The van der Waals surface area contributed by atoms with E-state index in [1.165, 1.54) is 0 Å². The maximum absolute atomic E-state index is 12.3. The number of hydrogen-bond acceptors (Lipinski definition) is 3. The zero-order valence-corrected chi connectivity index (χ0v) is 11.8. The summed E-state index contributed by atoms with van der Waals surface area (Å²) in [6.07, 6.45) is 2.60. The van der Waals surface area contributed by atoms with Crippen molar-refractivity contribution in [3.05, 3.63) is 29.8 Å². The van der Waals surface area contributed by atoms with Crippen LogP contribution in [0, 0.1) is 0 Å². The van der Waals surface area contributed by atoms with Crippen molar-refractivity contribution in [1.29, 1.82) is 0 Å². The quantitative estimate of drug-likeness (QED) is 0.796. The van der Waals surface area contributed by atoms with Gasteiger partial charge in [0.2, 0.25) is 10.0 Å². The molecule has 0 fully saturated rings. The molecule has 1 unspecified atom stereocenters. The fourth-order valence-electron chi connectivity index (χ4n) is 1.91. The molecule has 0 saturated heterocycles. The molecular formula is C13H22N2O2S. The fraction of sp³-hybridized carbons (Fsp3) is 0.538. The average molecular weight is 270 g/mol. The van der Waals surface area contributed by atoms with E-state index in [9.17, 15) is 8.42 Å². The van der Waals surface area contributed by atoms with E-state index < -0.39 is 10.0 Å². The van der Waals surface area contributed by atoms with Gasteiger partial charge >= 0.3 is 0 Å². The maximum Gasteiger partial charge on any atom is 0.241 e. The summed E-state index contributed by atoms with van der Waals surface area (Å²) in [5.41, 5.74) is 6.23.